The summed E-state index contributed by atoms with van der Waals surface area (Å²) >= 11 is 3.49. The molecule has 0 N–H and O–H groups in total. The largest absolute Gasteiger partial charge is 0.497 e. The summed E-state index contributed by atoms with van der Waals surface area (Å²) in [5.74, 6) is 1.62. The molecule has 0 radical (unpaired) electrons. The van der Waals surface area contributed by atoms with Crippen molar-refractivity contribution in [2.75, 3.05) is 14.2 Å². The lowest BCUT2D eigenvalue weighted by atomic mass is 10.0. The van der Waals surface area contributed by atoms with Gasteiger partial charge < -0.3 is 9.47 Å². The van der Waals surface area contributed by atoms with E-state index >= 15 is 0 Å². The third-order valence-electron chi connectivity index (χ3n) is 2.54. The number of methoxy groups -OCH3 is 2. The molecular weight excluding hydrogens is 280 g/mol. The summed E-state index contributed by atoms with van der Waals surface area (Å²) in [5.41, 5.74) is 2.11. The van der Waals surface area contributed by atoms with E-state index in [9.17, 15) is 0 Å². The second-order valence-electron chi connectivity index (χ2n) is 3.56. The minimum atomic E-state index is 0.802. The molecule has 2 rings (SSSR count). The quantitative estimate of drug-likeness (QED) is 0.847. The van der Waals surface area contributed by atoms with Crippen molar-refractivity contribution < 1.29 is 9.47 Å². The van der Waals surface area contributed by atoms with E-state index in [0.29, 0.717) is 0 Å². The molecule has 0 aromatic heterocycles. The maximum absolute atomic E-state index is 5.43. The molecule has 0 aliphatic rings. The van der Waals surface area contributed by atoms with Crippen molar-refractivity contribution in [3.05, 3.63) is 46.9 Å². The predicted molar refractivity (Wildman–Crippen MR) is 72.7 cm³/mol. The fourth-order valence-electron chi connectivity index (χ4n) is 1.73. The number of benzene rings is 2. The molecule has 0 aliphatic heterocycles. The molecule has 0 unspecified atom stereocenters. The van der Waals surface area contributed by atoms with Crippen molar-refractivity contribution in [3.8, 4) is 22.6 Å². The Morgan fingerprint density at radius 1 is 0.941 bits per heavy atom. The molecular formula is C14H13BrO2. The first-order chi connectivity index (χ1) is 8.26. The van der Waals surface area contributed by atoms with Crippen molar-refractivity contribution in [1.29, 1.82) is 0 Å². The van der Waals surface area contributed by atoms with Gasteiger partial charge in [-0.3, -0.25) is 0 Å². The van der Waals surface area contributed by atoms with Gasteiger partial charge in [-0.05, 0) is 33.6 Å². The Bertz CT molecular complexity index is 509. The highest BCUT2D eigenvalue weighted by Crippen LogP contribution is 2.39. The minimum absolute atomic E-state index is 0.802. The Morgan fingerprint density at radius 3 is 2.24 bits per heavy atom. The van der Waals surface area contributed by atoms with Gasteiger partial charge in [0, 0.05) is 5.56 Å². The molecule has 0 saturated carbocycles. The first-order valence-corrected chi connectivity index (χ1v) is 6.02. The first-order valence-electron chi connectivity index (χ1n) is 5.23. The van der Waals surface area contributed by atoms with Crippen LogP contribution in [0.5, 0.6) is 11.5 Å². The van der Waals surface area contributed by atoms with Gasteiger partial charge in [0.1, 0.15) is 11.5 Å². The van der Waals surface area contributed by atoms with Gasteiger partial charge >= 0.3 is 0 Å². The Morgan fingerprint density at radius 2 is 1.65 bits per heavy atom. The Kier molecular flexibility index (Phi) is 3.69. The number of halogens is 1. The van der Waals surface area contributed by atoms with Gasteiger partial charge in [-0.15, -0.1) is 0 Å². The molecule has 0 heterocycles. The topological polar surface area (TPSA) is 18.5 Å². The number of hydrogen-bond acceptors (Lipinski definition) is 2. The van der Waals surface area contributed by atoms with Gasteiger partial charge in [0.25, 0.3) is 0 Å². The second kappa shape index (κ2) is 5.23. The Balaban J connectivity index is 2.62. The molecule has 88 valence electrons. The van der Waals surface area contributed by atoms with Crippen LogP contribution in [0.15, 0.2) is 46.9 Å². The van der Waals surface area contributed by atoms with Crippen LogP contribution < -0.4 is 9.47 Å². The third kappa shape index (κ3) is 2.44. The first kappa shape index (κ1) is 12.0. The fraction of sp³-hybridized carbons (Fsp3) is 0.143. The van der Waals surface area contributed by atoms with Crippen molar-refractivity contribution in [2.45, 2.75) is 0 Å². The predicted octanol–water partition coefficient (Wildman–Crippen LogP) is 4.13. The van der Waals surface area contributed by atoms with Crippen molar-refractivity contribution >= 4 is 15.9 Å². The average Bonchev–Trinajstić information content (AvgIpc) is 2.38. The number of ether oxygens (including phenoxy) is 2. The minimum Gasteiger partial charge on any atom is -0.497 e. The standard InChI is InChI=1S/C14H13BrO2/c1-16-11-8-12(10-6-4-3-5-7-10)14(17-2)13(15)9-11/h3-9H,1-2H3. The molecule has 0 aliphatic carbocycles. The Labute approximate surface area is 109 Å². The van der Waals surface area contributed by atoms with Crippen LogP contribution in [0.3, 0.4) is 0 Å². The second-order valence-corrected chi connectivity index (χ2v) is 4.41. The molecule has 0 atom stereocenters. The van der Waals surface area contributed by atoms with Gasteiger partial charge in [0.15, 0.2) is 0 Å². The average molecular weight is 293 g/mol. The van der Waals surface area contributed by atoms with Crippen molar-refractivity contribution in [1.82, 2.24) is 0 Å². The summed E-state index contributed by atoms with van der Waals surface area (Å²) in [6.45, 7) is 0. The lowest BCUT2D eigenvalue weighted by Crippen LogP contribution is -1.92. The monoisotopic (exact) mass is 292 g/mol. The van der Waals surface area contributed by atoms with Crippen molar-refractivity contribution in [3.63, 3.8) is 0 Å². The van der Waals surface area contributed by atoms with E-state index in [1.807, 2.05) is 42.5 Å². The Hall–Kier alpha value is -1.48. The van der Waals surface area contributed by atoms with Gasteiger partial charge in [0.2, 0.25) is 0 Å². The highest BCUT2D eigenvalue weighted by atomic mass is 79.9. The fourth-order valence-corrected chi connectivity index (χ4v) is 2.33. The smallest absolute Gasteiger partial charge is 0.141 e. The molecule has 2 aromatic carbocycles. The van der Waals surface area contributed by atoms with Crippen LogP contribution in [-0.2, 0) is 0 Å². The third-order valence-corrected chi connectivity index (χ3v) is 3.13. The molecule has 0 fully saturated rings. The zero-order chi connectivity index (χ0) is 12.3. The van der Waals surface area contributed by atoms with Crippen LogP contribution in [0.1, 0.15) is 0 Å². The van der Waals surface area contributed by atoms with Crippen molar-refractivity contribution in [2.24, 2.45) is 0 Å². The molecule has 3 heteroatoms. The summed E-state index contributed by atoms with van der Waals surface area (Å²) in [7, 11) is 3.32. The van der Waals surface area contributed by atoms with Gasteiger partial charge in [-0.25, -0.2) is 0 Å². The number of rotatable bonds is 3. The normalized spacial score (nSPS) is 10.1. The van der Waals surface area contributed by atoms with E-state index in [2.05, 4.69) is 15.9 Å². The van der Waals surface area contributed by atoms with Crippen LogP contribution in [0.4, 0.5) is 0 Å². The van der Waals surface area contributed by atoms with Crippen LogP contribution in [0.2, 0.25) is 0 Å². The maximum Gasteiger partial charge on any atom is 0.141 e. The van der Waals surface area contributed by atoms with Gasteiger partial charge in [0.05, 0.1) is 18.7 Å². The van der Waals surface area contributed by atoms with Gasteiger partial charge in [-0.1, -0.05) is 30.3 Å². The summed E-state index contributed by atoms with van der Waals surface area (Å²) in [6.07, 6.45) is 0. The van der Waals surface area contributed by atoms with Crippen LogP contribution in [0, 0.1) is 0 Å². The molecule has 17 heavy (non-hydrogen) atoms. The van der Waals surface area contributed by atoms with E-state index in [1.54, 1.807) is 14.2 Å². The van der Waals surface area contributed by atoms with Crippen LogP contribution in [0.25, 0.3) is 11.1 Å². The lowest BCUT2D eigenvalue weighted by molar-refractivity contribution is 0.402. The molecule has 2 nitrogen and oxygen atoms in total. The molecule has 2 aromatic rings. The highest BCUT2D eigenvalue weighted by molar-refractivity contribution is 9.10. The van der Waals surface area contributed by atoms with Crippen LogP contribution >= 0.6 is 15.9 Å². The van der Waals surface area contributed by atoms with Crippen LogP contribution in [-0.4, -0.2) is 14.2 Å². The molecule has 0 amide bonds. The maximum atomic E-state index is 5.43. The van der Waals surface area contributed by atoms with E-state index in [4.69, 9.17) is 9.47 Å². The lowest BCUT2D eigenvalue weighted by Gasteiger charge is -2.12. The van der Waals surface area contributed by atoms with Gasteiger partial charge in [-0.2, -0.15) is 0 Å². The molecule has 0 spiro atoms. The SMILES string of the molecule is COc1cc(Br)c(OC)c(-c2ccccc2)c1. The van der Waals surface area contributed by atoms with E-state index in [-0.39, 0.29) is 0 Å². The van der Waals surface area contributed by atoms with E-state index in [0.717, 1.165) is 27.1 Å². The summed E-state index contributed by atoms with van der Waals surface area (Å²) in [6, 6.07) is 14.0. The summed E-state index contributed by atoms with van der Waals surface area (Å²) < 4.78 is 11.6. The van der Waals surface area contributed by atoms with E-state index < -0.39 is 0 Å². The number of hydrogen-bond donors (Lipinski definition) is 0. The molecule has 0 bridgehead atoms. The highest BCUT2D eigenvalue weighted by Gasteiger charge is 2.11. The zero-order valence-corrected chi connectivity index (χ0v) is 11.3. The zero-order valence-electron chi connectivity index (χ0n) is 9.74. The summed E-state index contributed by atoms with van der Waals surface area (Å²) in [4.78, 5) is 0. The molecule has 0 saturated heterocycles. The summed E-state index contributed by atoms with van der Waals surface area (Å²) in [5, 5.41) is 0. The van der Waals surface area contributed by atoms with E-state index in [1.165, 1.54) is 0 Å².